The first kappa shape index (κ1) is 24.0. The molecule has 0 aliphatic carbocycles. The number of carbonyl (C=O) groups is 2. The predicted molar refractivity (Wildman–Crippen MR) is 112 cm³/mol. The third-order valence-corrected chi connectivity index (χ3v) is 6.44. The number of esters is 1. The molecule has 1 amide bonds. The van der Waals surface area contributed by atoms with E-state index in [1.807, 2.05) is 55.4 Å². The van der Waals surface area contributed by atoms with Crippen LogP contribution in [0.25, 0.3) is 0 Å². The van der Waals surface area contributed by atoms with Crippen molar-refractivity contribution in [3.8, 4) is 0 Å². The van der Waals surface area contributed by atoms with E-state index in [2.05, 4.69) is 0 Å². The molecule has 2 heterocycles. The number of likely N-dealkylation sites (tertiary alicyclic amines) is 1. The number of hydrogen-bond donors (Lipinski definition) is 0. The molecule has 2 saturated heterocycles. The van der Waals surface area contributed by atoms with Gasteiger partial charge < -0.3 is 18.8 Å². The van der Waals surface area contributed by atoms with Crippen LogP contribution in [0.2, 0.25) is 6.32 Å². The van der Waals surface area contributed by atoms with E-state index in [0.29, 0.717) is 6.54 Å². The van der Waals surface area contributed by atoms with Gasteiger partial charge in [-0.2, -0.15) is 0 Å². The Morgan fingerprint density at radius 1 is 1.10 bits per heavy atom. The van der Waals surface area contributed by atoms with Crippen molar-refractivity contribution < 1.29 is 28.4 Å². The third kappa shape index (κ3) is 5.26. The summed E-state index contributed by atoms with van der Waals surface area (Å²) < 4.78 is 22.7. The van der Waals surface area contributed by atoms with Crippen molar-refractivity contribution in [3.05, 3.63) is 0 Å². The van der Waals surface area contributed by atoms with Crippen molar-refractivity contribution in [3.63, 3.8) is 0 Å². The first-order chi connectivity index (χ1) is 13.1. The van der Waals surface area contributed by atoms with Crippen LogP contribution in [0.3, 0.4) is 0 Å². The monoisotopic (exact) mass is 411 g/mol. The third-order valence-electron chi connectivity index (χ3n) is 6.44. The van der Waals surface area contributed by atoms with Crippen LogP contribution in [-0.2, 0) is 23.6 Å². The van der Waals surface area contributed by atoms with Crippen LogP contribution in [0.1, 0.15) is 74.7 Å². The SMILES string of the molecule is COC(=O)[C@H]1N(C(=O)OC(C)(C)C)CC[C@@]1(C)CCCB1OC(C)(C)C(C)(C)O1. The summed E-state index contributed by atoms with van der Waals surface area (Å²) >= 11 is 0. The Morgan fingerprint density at radius 2 is 1.66 bits per heavy atom. The summed E-state index contributed by atoms with van der Waals surface area (Å²) in [7, 11) is 1.10. The fraction of sp³-hybridized carbons (Fsp3) is 0.905. The van der Waals surface area contributed by atoms with Gasteiger partial charge >= 0.3 is 19.2 Å². The zero-order chi connectivity index (χ0) is 22.3. The molecule has 0 saturated carbocycles. The van der Waals surface area contributed by atoms with Crippen LogP contribution in [-0.4, -0.2) is 60.6 Å². The summed E-state index contributed by atoms with van der Waals surface area (Å²) in [5, 5.41) is 0. The van der Waals surface area contributed by atoms with E-state index >= 15 is 0 Å². The van der Waals surface area contributed by atoms with Crippen LogP contribution in [0.15, 0.2) is 0 Å². The topological polar surface area (TPSA) is 74.3 Å². The van der Waals surface area contributed by atoms with E-state index < -0.39 is 23.7 Å². The van der Waals surface area contributed by atoms with E-state index in [-0.39, 0.29) is 23.7 Å². The Balaban J connectivity index is 2.03. The normalized spacial score (nSPS) is 28.5. The highest BCUT2D eigenvalue weighted by Gasteiger charge is 2.53. The van der Waals surface area contributed by atoms with Crippen LogP contribution in [0.4, 0.5) is 4.79 Å². The molecule has 2 aliphatic rings. The minimum Gasteiger partial charge on any atom is -0.467 e. The van der Waals surface area contributed by atoms with Crippen LogP contribution < -0.4 is 0 Å². The van der Waals surface area contributed by atoms with Crippen molar-refractivity contribution in [2.45, 2.75) is 104 Å². The number of rotatable bonds is 5. The summed E-state index contributed by atoms with van der Waals surface area (Å²) in [6.45, 7) is 16.1. The molecule has 0 spiro atoms. The molecule has 2 rings (SSSR count). The van der Waals surface area contributed by atoms with E-state index in [0.717, 1.165) is 25.6 Å². The Morgan fingerprint density at radius 3 is 2.14 bits per heavy atom. The van der Waals surface area contributed by atoms with Gasteiger partial charge in [0, 0.05) is 12.0 Å². The lowest BCUT2D eigenvalue weighted by molar-refractivity contribution is -0.149. The molecule has 0 radical (unpaired) electrons. The molecule has 0 N–H and O–H groups in total. The highest BCUT2D eigenvalue weighted by Crippen LogP contribution is 2.43. The maximum atomic E-state index is 12.7. The van der Waals surface area contributed by atoms with E-state index in [1.54, 1.807) is 0 Å². The summed E-state index contributed by atoms with van der Waals surface area (Å²) in [5.74, 6) is -0.397. The standard InChI is InChI=1S/C21H38BNO6/c1-18(2,3)27-17(25)23-14-12-21(8,15(23)16(24)26-9)11-10-13-22-28-19(4,5)20(6,7)29-22/h15H,10-14H2,1-9H3/t15-,21-/m1/s1. The number of methoxy groups -OCH3 is 1. The Labute approximate surface area is 175 Å². The number of ether oxygens (including phenoxy) is 2. The van der Waals surface area contributed by atoms with Gasteiger partial charge in [0.2, 0.25) is 0 Å². The molecule has 0 aromatic rings. The van der Waals surface area contributed by atoms with E-state index in [4.69, 9.17) is 18.8 Å². The fourth-order valence-corrected chi connectivity index (χ4v) is 4.08. The zero-order valence-corrected chi connectivity index (χ0v) is 19.6. The number of hydrogen-bond acceptors (Lipinski definition) is 6. The molecule has 2 fully saturated rings. The molecule has 0 bridgehead atoms. The lowest BCUT2D eigenvalue weighted by atomic mass is 9.73. The second kappa shape index (κ2) is 8.10. The van der Waals surface area contributed by atoms with E-state index in [1.165, 1.54) is 12.0 Å². The highest BCUT2D eigenvalue weighted by atomic mass is 16.7. The molecule has 0 unspecified atom stereocenters. The van der Waals surface area contributed by atoms with Gasteiger partial charge in [-0.05, 0) is 67.6 Å². The van der Waals surface area contributed by atoms with Gasteiger partial charge in [-0.1, -0.05) is 13.3 Å². The van der Waals surface area contributed by atoms with Gasteiger partial charge in [0.1, 0.15) is 11.6 Å². The maximum absolute atomic E-state index is 12.7. The largest absolute Gasteiger partial charge is 0.467 e. The number of carbonyl (C=O) groups excluding carboxylic acids is 2. The fourth-order valence-electron chi connectivity index (χ4n) is 4.08. The van der Waals surface area contributed by atoms with Gasteiger partial charge in [-0.15, -0.1) is 0 Å². The molecular formula is C21H38BNO6. The minimum atomic E-state index is -0.652. The molecule has 2 atom stereocenters. The first-order valence-corrected chi connectivity index (χ1v) is 10.5. The highest BCUT2D eigenvalue weighted by molar-refractivity contribution is 6.45. The van der Waals surface area contributed by atoms with Crippen molar-refractivity contribution in [1.29, 1.82) is 0 Å². The van der Waals surface area contributed by atoms with Crippen molar-refractivity contribution in [1.82, 2.24) is 4.90 Å². The van der Waals surface area contributed by atoms with Gasteiger partial charge in [0.15, 0.2) is 0 Å². The summed E-state index contributed by atoms with van der Waals surface area (Å²) in [6, 6.07) is -0.652. The molecule has 0 aromatic carbocycles. The average molecular weight is 411 g/mol. The Bertz CT molecular complexity index is 613. The summed E-state index contributed by atoms with van der Waals surface area (Å²) in [6.07, 6.45) is 2.57. The average Bonchev–Trinajstić information content (AvgIpc) is 2.98. The predicted octanol–water partition coefficient (Wildman–Crippen LogP) is 4.05. The van der Waals surface area contributed by atoms with Crippen molar-refractivity contribution in [2.75, 3.05) is 13.7 Å². The zero-order valence-electron chi connectivity index (χ0n) is 19.6. The first-order valence-electron chi connectivity index (χ1n) is 10.5. The van der Waals surface area contributed by atoms with Crippen LogP contribution in [0.5, 0.6) is 0 Å². The van der Waals surface area contributed by atoms with E-state index in [9.17, 15) is 9.59 Å². The minimum absolute atomic E-state index is 0.261. The smallest absolute Gasteiger partial charge is 0.457 e. The second-order valence-corrected chi connectivity index (χ2v) is 10.6. The van der Waals surface area contributed by atoms with Gasteiger partial charge in [-0.25, -0.2) is 9.59 Å². The van der Waals surface area contributed by atoms with Crippen molar-refractivity contribution >= 4 is 19.2 Å². The van der Waals surface area contributed by atoms with Gasteiger partial charge in [0.05, 0.1) is 18.3 Å². The van der Waals surface area contributed by atoms with Gasteiger partial charge in [-0.3, -0.25) is 4.90 Å². The Hall–Kier alpha value is -1.28. The molecule has 7 nitrogen and oxygen atoms in total. The second-order valence-electron chi connectivity index (χ2n) is 10.6. The quantitative estimate of drug-likeness (QED) is 0.502. The molecule has 166 valence electrons. The lowest BCUT2D eigenvalue weighted by Crippen LogP contribution is -2.49. The molecule has 29 heavy (non-hydrogen) atoms. The molecule has 2 aliphatic heterocycles. The van der Waals surface area contributed by atoms with Gasteiger partial charge in [0.25, 0.3) is 0 Å². The molecule has 8 heteroatoms. The number of nitrogens with zero attached hydrogens (tertiary/aromatic N) is 1. The molecule has 0 aromatic heterocycles. The lowest BCUT2D eigenvalue weighted by Gasteiger charge is -2.34. The van der Waals surface area contributed by atoms with Crippen LogP contribution in [0, 0.1) is 5.41 Å². The summed E-state index contributed by atoms with van der Waals surface area (Å²) in [5.41, 5.74) is -1.70. The maximum Gasteiger partial charge on any atom is 0.457 e. The van der Waals surface area contributed by atoms with Crippen molar-refractivity contribution in [2.24, 2.45) is 5.41 Å². The van der Waals surface area contributed by atoms with Crippen LogP contribution >= 0.6 is 0 Å². The summed E-state index contributed by atoms with van der Waals surface area (Å²) in [4.78, 5) is 26.8. The molecular weight excluding hydrogens is 373 g/mol. The Kier molecular flexibility index (Phi) is 6.70. The number of amides is 1.